The fourth-order valence-electron chi connectivity index (χ4n) is 2.66. The molecular formula is C15H21N5O2. The van der Waals surface area contributed by atoms with E-state index in [0.29, 0.717) is 11.2 Å². The zero-order valence-corrected chi connectivity index (χ0v) is 13.0. The van der Waals surface area contributed by atoms with Crippen LogP contribution in [0.4, 0.5) is 0 Å². The summed E-state index contributed by atoms with van der Waals surface area (Å²) in [4.78, 5) is 21.0. The summed E-state index contributed by atoms with van der Waals surface area (Å²) in [5, 5.41) is 4.45. The first kappa shape index (κ1) is 14.9. The van der Waals surface area contributed by atoms with Crippen LogP contribution in [0.15, 0.2) is 18.3 Å². The van der Waals surface area contributed by atoms with Gasteiger partial charge in [0, 0.05) is 45.3 Å². The highest BCUT2D eigenvalue weighted by Gasteiger charge is 2.16. The van der Waals surface area contributed by atoms with Crippen molar-refractivity contribution in [3.8, 4) is 0 Å². The Hall–Kier alpha value is -1.99. The molecule has 1 aliphatic heterocycles. The first-order chi connectivity index (χ1) is 10.7. The predicted octanol–water partition coefficient (Wildman–Crippen LogP) is 0.306. The minimum Gasteiger partial charge on any atom is -0.465 e. The predicted molar refractivity (Wildman–Crippen MR) is 82.0 cm³/mol. The van der Waals surface area contributed by atoms with Crippen molar-refractivity contribution in [2.75, 3.05) is 46.9 Å². The summed E-state index contributed by atoms with van der Waals surface area (Å²) < 4.78 is 6.43. The van der Waals surface area contributed by atoms with Gasteiger partial charge in [0.25, 0.3) is 0 Å². The molecule has 1 saturated heterocycles. The van der Waals surface area contributed by atoms with Gasteiger partial charge in [-0.25, -0.2) is 14.3 Å². The van der Waals surface area contributed by atoms with Gasteiger partial charge in [-0.1, -0.05) is 0 Å². The van der Waals surface area contributed by atoms with Gasteiger partial charge in [0.15, 0.2) is 11.5 Å². The molecule has 3 rings (SSSR count). The number of carbonyl (C=O) groups is 1. The lowest BCUT2D eigenvalue weighted by Crippen LogP contribution is -2.45. The number of pyridine rings is 1. The molecule has 0 aromatic carbocycles. The van der Waals surface area contributed by atoms with Gasteiger partial charge in [-0.2, -0.15) is 5.10 Å². The number of likely N-dealkylation sites (N-methyl/N-ethyl adjacent to an activating group) is 1. The molecule has 0 radical (unpaired) electrons. The van der Waals surface area contributed by atoms with Crippen molar-refractivity contribution in [3.05, 3.63) is 29.7 Å². The Morgan fingerprint density at radius 2 is 2.09 bits per heavy atom. The number of hydrogen-bond acceptors (Lipinski definition) is 6. The molecule has 7 nitrogen and oxygen atoms in total. The van der Waals surface area contributed by atoms with E-state index >= 15 is 0 Å². The van der Waals surface area contributed by atoms with E-state index in [2.05, 4.69) is 26.9 Å². The Bertz CT molecular complexity index is 661. The van der Waals surface area contributed by atoms with Crippen LogP contribution >= 0.6 is 0 Å². The summed E-state index contributed by atoms with van der Waals surface area (Å²) in [6.07, 6.45) is 2.58. The third kappa shape index (κ3) is 3.10. The second kappa shape index (κ2) is 6.41. The Labute approximate surface area is 129 Å². The summed E-state index contributed by atoms with van der Waals surface area (Å²) in [5.74, 6) is 0.374. The molecule has 3 heterocycles. The molecule has 7 heteroatoms. The summed E-state index contributed by atoms with van der Waals surface area (Å²) in [6.45, 7) is 5.31. The molecule has 1 fully saturated rings. The fourth-order valence-corrected chi connectivity index (χ4v) is 2.66. The molecule has 2 aromatic heterocycles. The molecule has 0 aliphatic carbocycles. The molecule has 0 unspecified atom stereocenters. The van der Waals surface area contributed by atoms with Crippen molar-refractivity contribution in [2.24, 2.45) is 0 Å². The van der Waals surface area contributed by atoms with Gasteiger partial charge in [-0.15, -0.1) is 0 Å². The van der Waals surface area contributed by atoms with Gasteiger partial charge >= 0.3 is 5.97 Å². The van der Waals surface area contributed by atoms with Crippen LogP contribution in [0.25, 0.3) is 5.65 Å². The van der Waals surface area contributed by atoms with Crippen LogP contribution in [0, 0.1) is 0 Å². The van der Waals surface area contributed by atoms with Gasteiger partial charge in [0.2, 0.25) is 0 Å². The normalized spacial score (nSPS) is 17.0. The first-order valence-electron chi connectivity index (χ1n) is 7.51. The van der Waals surface area contributed by atoms with E-state index in [9.17, 15) is 4.79 Å². The SMILES string of the molecule is COC(=O)c1cccn2nc(CCN3CCN(C)CC3)nc12. The number of methoxy groups -OCH3 is 1. The lowest BCUT2D eigenvalue weighted by atomic mass is 10.2. The number of esters is 1. The lowest BCUT2D eigenvalue weighted by Gasteiger charge is -2.31. The van der Waals surface area contributed by atoms with Crippen molar-refractivity contribution in [1.82, 2.24) is 24.4 Å². The van der Waals surface area contributed by atoms with Crippen LogP contribution in [-0.4, -0.2) is 77.2 Å². The quantitative estimate of drug-likeness (QED) is 0.757. The number of nitrogens with zero attached hydrogens (tertiary/aromatic N) is 5. The lowest BCUT2D eigenvalue weighted by molar-refractivity contribution is 0.0602. The standard InChI is InChI=1S/C15H21N5O2/c1-18-8-10-19(11-9-18)7-5-13-16-14-12(15(21)22-2)4-3-6-20(14)17-13/h3-4,6H,5,7-11H2,1-2H3. The third-order valence-corrected chi connectivity index (χ3v) is 4.06. The Kier molecular flexibility index (Phi) is 4.35. The number of carbonyl (C=O) groups excluding carboxylic acids is 1. The first-order valence-corrected chi connectivity index (χ1v) is 7.51. The highest BCUT2D eigenvalue weighted by molar-refractivity contribution is 5.95. The molecule has 0 N–H and O–H groups in total. The molecule has 2 aromatic rings. The highest BCUT2D eigenvalue weighted by Crippen LogP contribution is 2.11. The van der Waals surface area contributed by atoms with E-state index in [1.807, 2.05) is 0 Å². The van der Waals surface area contributed by atoms with E-state index < -0.39 is 0 Å². The van der Waals surface area contributed by atoms with Crippen molar-refractivity contribution in [3.63, 3.8) is 0 Å². The summed E-state index contributed by atoms with van der Waals surface area (Å²) >= 11 is 0. The second-order valence-corrected chi connectivity index (χ2v) is 5.60. The van der Waals surface area contributed by atoms with Crippen molar-refractivity contribution in [2.45, 2.75) is 6.42 Å². The zero-order valence-electron chi connectivity index (χ0n) is 13.0. The van der Waals surface area contributed by atoms with Crippen LogP contribution in [0.5, 0.6) is 0 Å². The zero-order chi connectivity index (χ0) is 15.5. The number of rotatable bonds is 4. The largest absolute Gasteiger partial charge is 0.465 e. The van der Waals surface area contributed by atoms with Crippen LogP contribution in [0.1, 0.15) is 16.2 Å². The Morgan fingerprint density at radius 3 is 2.82 bits per heavy atom. The molecular weight excluding hydrogens is 282 g/mol. The maximum Gasteiger partial charge on any atom is 0.341 e. The van der Waals surface area contributed by atoms with E-state index in [0.717, 1.165) is 45.0 Å². The summed E-state index contributed by atoms with van der Waals surface area (Å²) in [5.41, 5.74) is 1.01. The van der Waals surface area contributed by atoms with Crippen LogP contribution in [0.3, 0.4) is 0 Å². The molecule has 22 heavy (non-hydrogen) atoms. The number of aromatic nitrogens is 3. The number of ether oxygens (including phenoxy) is 1. The minimum atomic E-state index is -0.386. The molecule has 0 bridgehead atoms. The Morgan fingerprint density at radius 1 is 1.32 bits per heavy atom. The molecule has 118 valence electrons. The molecule has 0 atom stereocenters. The van der Waals surface area contributed by atoms with Gasteiger partial charge in [0.05, 0.1) is 7.11 Å². The van der Waals surface area contributed by atoms with Crippen molar-refractivity contribution in [1.29, 1.82) is 0 Å². The van der Waals surface area contributed by atoms with Crippen molar-refractivity contribution >= 4 is 11.6 Å². The number of hydrogen-bond donors (Lipinski definition) is 0. The van der Waals surface area contributed by atoms with Crippen molar-refractivity contribution < 1.29 is 9.53 Å². The van der Waals surface area contributed by atoms with E-state index in [-0.39, 0.29) is 5.97 Å². The molecule has 1 aliphatic rings. The molecule has 0 spiro atoms. The van der Waals surface area contributed by atoms with Crippen LogP contribution in [0.2, 0.25) is 0 Å². The maximum atomic E-state index is 11.8. The third-order valence-electron chi connectivity index (χ3n) is 4.06. The van der Waals surface area contributed by atoms with E-state index in [1.54, 1.807) is 22.8 Å². The molecule has 0 saturated carbocycles. The van der Waals surface area contributed by atoms with Gasteiger partial charge < -0.3 is 14.5 Å². The average molecular weight is 303 g/mol. The topological polar surface area (TPSA) is 63.0 Å². The maximum absolute atomic E-state index is 11.8. The summed E-state index contributed by atoms with van der Waals surface area (Å²) in [6, 6.07) is 3.48. The highest BCUT2D eigenvalue weighted by atomic mass is 16.5. The second-order valence-electron chi connectivity index (χ2n) is 5.60. The van der Waals surface area contributed by atoms with Gasteiger partial charge in [-0.3, -0.25) is 0 Å². The van der Waals surface area contributed by atoms with E-state index in [4.69, 9.17) is 4.74 Å². The fraction of sp³-hybridized carbons (Fsp3) is 0.533. The Balaban J connectivity index is 1.71. The van der Waals surface area contributed by atoms with Crippen LogP contribution < -0.4 is 0 Å². The molecule has 0 amide bonds. The monoisotopic (exact) mass is 303 g/mol. The van der Waals surface area contributed by atoms with Crippen LogP contribution in [-0.2, 0) is 11.2 Å². The summed E-state index contributed by atoms with van der Waals surface area (Å²) in [7, 11) is 3.52. The van der Waals surface area contributed by atoms with Gasteiger partial charge in [0.1, 0.15) is 5.56 Å². The smallest absolute Gasteiger partial charge is 0.341 e. The van der Waals surface area contributed by atoms with E-state index in [1.165, 1.54) is 7.11 Å². The van der Waals surface area contributed by atoms with Gasteiger partial charge in [-0.05, 0) is 19.2 Å². The number of fused-ring (bicyclic) bond motifs is 1. The minimum absolute atomic E-state index is 0.386. The average Bonchev–Trinajstić information content (AvgIpc) is 2.96. The number of piperazine rings is 1.